The van der Waals surface area contributed by atoms with Gasteiger partial charge < -0.3 is 14.5 Å². The third-order valence-electron chi connectivity index (χ3n) is 9.60. The Balaban J connectivity index is 1.29. The highest BCUT2D eigenvalue weighted by atomic mass is 19.4. The smallest absolute Gasteiger partial charge is 0.372 e. The standard InChI is InChI=1S/C34H33F6N3O3/c1-23(25-14-27(33(35,36)37)16-28(15-25)34(38,39)40)46-22-32(26-10-6-3-7-11-26)13-12-31-20-41(17-24-8-4-2-5-9-24)29(44)19-43(31)30(45)18-42(32)21-31/h2-11,14-16,23H,12-13,17-22H2,1H3/t23-,31-,32-/m1/s1. The van der Waals surface area contributed by atoms with Crippen LogP contribution in [0, 0.1) is 0 Å². The molecule has 3 fully saturated rings. The average molecular weight is 646 g/mol. The normalized spacial score (nSPS) is 25.8. The second-order valence-corrected chi connectivity index (χ2v) is 12.5. The first-order valence-corrected chi connectivity index (χ1v) is 15.0. The van der Waals surface area contributed by atoms with E-state index in [4.69, 9.17) is 4.74 Å². The number of piperazine rings is 2. The van der Waals surface area contributed by atoms with Gasteiger partial charge in [0.15, 0.2) is 0 Å². The maximum atomic E-state index is 13.6. The molecule has 0 aromatic heterocycles. The summed E-state index contributed by atoms with van der Waals surface area (Å²) in [6.45, 7) is 2.48. The van der Waals surface area contributed by atoms with Crippen molar-refractivity contribution in [2.45, 2.75) is 55.8 Å². The Hall–Kier alpha value is -3.90. The zero-order valence-electron chi connectivity index (χ0n) is 25.1. The van der Waals surface area contributed by atoms with Gasteiger partial charge in [-0.05, 0) is 54.7 Å². The number of amides is 2. The monoisotopic (exact) mass is 645 g/mol. The largest absolute Gasteiger partial charge is 0.416 e. The fourth-order valence-electron chi connectivity index (χ4n) is 7.12. The van der Waals surface area contributed by atoms with Crippen LogP contribution >= 0.6 is 0 Å². The SMILES string of the molecule is C[C@@H](OC[C@@]1(c2ccccc2)CC[C@]23CN(Cc4ccccc4)C(=O)CN2C(=O)CN1C3)c1cc(C(F)(F)F)cc(C(F)(F)F)c1. The van der Waals surface area contributed by atoms with E-state index < -0.39 is 40.7 Å². The number of piperidine rings is 1. The second-order valence-electron chi connectivity index (χ2n) is 12.5. The second kappa shape index (κ2) is 11.7. The molecule has 3 aromatic rings. The molecule has 6 nitrogen and oxygen atoms in total. The number of carbonyl (C=O) groups excluding carboxylic acids is 2. The molecule has 6 rings (SSSR count). The first kappa shape index (κ1) is 32.1. The summed E-state index contributed by atoms with van der Waals surface area (Å²) in [5.74, 6) is -0.340. The summed E-state index contributed by atoms with van der Waals surface area (Å²) in [6, 6.07) is 20.4. The predicted molar refractivity (Wildman–Crippen MR) is 156 cm³/mol. The van der Waals surface area contributed by atoms with E-state index in [0.29, 0.717) is 44.6 Å². The van der Waals surface area contributed by atoms with Gasteiger partial charge in [-0.25, -0.2) is 0 Å². The Morgan fingerprint density at radius 2 is 1.39 bits per heavy atom. The first-order chi connectivity index (χ1) is 21.7. The van der Waals surface area contributed by atoms with E-state index in [1.807, 2.05) is 65.6 Å². The summed E-state index contributed by atoms with van der Waals surface area (Å²) >= 11 is 0. The Bertz CT molecular complexity index is 1570. The lowest BCUT2D eigenvalue weighted by atomic mass is 9.71. The van der Waals surface area contributed by atoms with Gasteiger partial charge in [-0.2, -0.15) is 26.3 Å². The molecule has 3 aliphatic rings. The molecule has 0 saturated carbocycles. The van der Waals surface area contributed by atoms with Crippen molar-refractivity contribution in [2.75, 3.05) is 32.8 Å². The maximum Gasteiger partial charge on any atom is 0.416 e. The summed E-state index contributed by atoms with van der Waals surface area (Å²) in [4.78, 5) is 32.3. The van der Waals surface area contributed by atoms with Gasteiger partial charge in [-0.1, -0.05) is 60.7 Å². The summed E-state index contributed by atoms with van der Waals surface area (Å²) < 4.78 is 87.6. The Kier molecular flexibility index (Phi) is 8.17. The zero-order chi connectivity index (χ0) is 32.9. The third-order valence-corrected chi connectivity index (χ3v) is 9.60. The Labute approximate surface area is 262 Å². The van der Waals surface area contributed by atoms with E-state index in [-0.39, 0.29) is 43.1 Å². The maximum absolute atomic E-state index is 13.6. The van der Waals surface area contributed by atoms with Gasteiger partial charge in [-0.15, -0.1) is 0 Å². The highest BCUT2D eigenvalue weighted by Crippen LogP contribution is 2.48. The molecule has 1 spiro atoms. The lowest BCUT2D eigenvalue weighted by Gasteiger charge is -2.63. The van der Waals surface area contributed by atoms with Crippen molar-refractivity contribution >= 4 is 11.8 Å². The Morgan fingerprint density at radius 3 is 2.00 bits per heavy atom. The van der Waals surface area contributed by atoms with Crippen LogP contribution in [0.2, 0.25) is 0 Å². The van der Waals surface area contributed by atoms with Gasteiger partial charge in [0.25, 0.3) is 0 Å². The molecule has 3 aliphatic heterocycles. The zero-order valence-corrected chi connectivity index (χ0v) is 25.1. The van der Waals surface area contributed by atoms with Crippen molar-refractivity contribution in [3.05, 3.63) is 107 Å². The summed E-state index contributed by atoms with van der Waals surface area (Å²) in [7, 11) is 0. The number of ether oxygens (including phenoxy) is 1. The number of halogens is 6. The van der Waals surface area contributed by atoms with Gasteiger partial charge >= 0.3 is 12.4 Å². The van der Waals surface area contributed by atoms with Crippen LogP contribution in [0.5, 0.6) is 0 Å². The van der Waals surface area contributed by atoms with Crippen LogP contribution < -0.4 is 0 Å². The minimum Gasteiger partial charge on any atom is -0.372 e. The highest BCUT2D eigenvalue weighted by molar-refractivity contribution is 5.89. The molecule has 2 amide bonds. The fraction of sp³-hybridized carbons (Fsp3) is 0.412. The fourth-order valence-corrected chi connectivity index (χ4v) is 7.12. The number of nitrogens with zero attached hydrogens (tertiary/aromatic N) is 3. The van der Waals surface area contributed by atoms with Crippen LogP contribution in [-0.2, 0) is 38.8 Å². The molecule has 0 aliphatic carbocycles. The van der Waals surface area contributed by atoms with Gasteiger partial charge in [-0.3, -0.25) is 14.5 Å². The number of carbonyl (C=O) groups is 2. The predicted octanol–water partition coefficient (Wildman–Crippen LogP) is 6.42. The molecule has 46 heavy (non-hydrogen) atoms. The average Bonchev–Trinajstić information content (AvgIpc) is 3.02. The van der Waals surface area contributed by atoms with Crippen LogP contribution in [0.15, 0.2) is 78.9 Å². The minimum absolute atomic E-state index is 0.0118. The summed E-state index contributed by atoms with van der Waals surface area (Å²) in [6.07, 6.45) is -10.1. The van der Waals surface area contributed by atoms with Gasteiger partial charge in [0, 0.05) is 19.6 Å². The van der Waals surface area contributed by atoms with Crippen LogP contribution in [0.1, 0.15) is 53.7 Å². The molecule has 4 atom stereocenters. The Morgan fingerprint density at radius 1 is 0.783 bits per heavy atom. The minimum atomic E-state index is -4.98. The molecular formula is C34H33F6N3O3. The van der Waals surface area contributed by atoms with E-state index in [1.165, 1.54) is 6.92 Å². The summed E-state index contributed by atoms with van der Waals surface area (Å²) in [5, 5.41) is 0. The van der Waals surface area contributed by atoms with E-state index in [0.717, 1.165) is 11.1 Å². The lowest BCUT2D eigenvalue weighted by Crippen LogP contribution is -2.78. The molecule has 1 unspecified atom stereocenters. The van der Waals surface area contributed by atoms with E-state index in [9.17, 15) is 35.9 Å². The molecule has 12 heteroatoms. The molecule has 0 radical (unpaired) electrons. The van der Waals surface area contributed by atoms with Crippen molar-refractivity contribution in [2.24, 2.45) is 0 Å². The van der Waals surface area contributed by atoms with Crippen molar-refractivity contribution in [1.82, 2.24) is 14.7 Å². The van der Waals surface area contributed by atoms with Crippen LogP contribution in [0.3, 0.4) is 0 Å². The number of fused-ring (bicyclic) bond motifs is 1. The number of hydrogen-bond donors (Lipinski definition) is 0. The number of rotatable bonds is 7. The van der Waals surface area contributed by atoms with Crippen LogP contribution in [0.25, 0.3) is 0 Å². The molecule has 2 bridgehead atoms. The lowest BCUT2D eigenvalue weighted by molar-refractivity contribution is -0.185. The van der Waals surface area contributed by atoms with E-state index in [2.05, 4.69) is 0 Å². The van der Waals surface area contributed by atoms with Crippen LogP contribution in [-0.4, -0.2) is 64.8 Å². The topological polar surface area (TPSA) is 53.1 Å². The highest BCUT2D eigenvalue weighted by Gasteiger charge is 2.59. The molecule has 3 aromatic carbocycles. The molecule has 0 N–H and O–H groups in total. The van der Waals surface area contributed by atoms with Crippen molar-refractivity contribution in [3.63, 3.8) is 0 Å². The van der Waals surface area contributed by atoms with Crippen LogP contribution in [0.4, 0.5) is 26.3 Å². The van der Waals surface area contributed by atoms with Gasteiger partial charge in [0.2, 0.25) is 11.8 Å². The van der Waals surface area contributed by atoms with Crippen molar-refractivity contribution < 1.29 is 40.7 Å². The molecule has 3 heterocycles. The first-order valence-electron chi connectivity index (χ1n) is 15.0. The molecular weight excluding hydrogens is 612 g/mol. The number of benzene rings is 3. The third kappa shape index (κ3) is 6.00. The number of alkyl halides is 6. The quantitative estimate of drug-likeness (QED) is 0.279. The molecule has 3 saturated heterocycles. The summed E-state index contributed by atoms with van der Waals surface area (Å²) in [5.41, 5.74) is -2.79. The van der Waals surface area contributed by atoms with Gasteiger partial charge in [0.05, 0.1) is 41.5 Å². The number of hydrogen-bond acceptors (Lipinski definition) is 4. The van der Waals surface area contributed by atoms with Crippen molar-refractivity contribution in [3.8, 4) is 0 Å². The van der Waals surface area contributed by atoms with Crippen molar-refractivity contribution in [1.29, 1.82) is 0 Å². The van der Waals surface area contributed by atoms with Gasteiger partial charge in [0.1, 0.15) is 6.54 Å². The molecule has 244 valence electrons. The van der Waals surface area contributed by atoms with E-state index >= 15 is 0 Å². The van der Waals surface area contributed by atoms with E-state index in [1.54, 1.807) is 9.80 Å².